The average Bonchev–Trinajstić information content (AvgIpc) is 2.80. The summed E-state index contributed by atoms with van der Waals surface area (Å²) in [5.74, 6) is -0.489. The maximum absolute atomic E-state index is 12.2. The molecule has 0 fully saturated rings. The second-order valence-electron chi connectivity index (χ2n) is 7.07. The SMILES string of the molecule is CCCOc1ccc(C(=O)CCC(=O)OCC(=O)Nc2ccc3ccccc3c2)cc1. The van der Waals surface area contributed by atoms with Gasteiger partial charge in [-0.25, -0.2) is 0 Å². The van der Waals surface area contributed by atoms with Crippen LogP contribution >= 0.6 is 0 Å². The van der Waals surface area contributed by atoms with Crippen LogP contribution in [-0.4, -0.2) is 30.9 Å². The molecule has 0 aromatic heterocycles. The first kappa shape index (κ1) is 22.0. The Hall–Kier alpha value is -3.67. The number of amides is 1. The number of fused-ring (bicyclic) bond motifs is 1. The molecule has 0 heterocycles. The van der Waals surface area contributed by atoms with Gasteiger partial charge >= 0.3 is 5.97 Å². The molecule has 1 amide bonds. The van der Waals surface area contributed by atoms with Crippen LogP contribution in [0.5, 0.6) is 5.75 Å². The van der Waals surface area contributed by atoms with Crippen LogP contribution in [0.1, 0.15) is 36.5 Å². The van der Waals surface area contributed by atoms with E-state index in [-0.39, 0.29) is 18.6 Å². The lowest BCUT2D eigenvalue weighted by Crippen LogP contribution is -2.21. The third-order valence-electron chi connectivity index (χ3n) is 4.60. The van der Waals surface area contributed by atoms with Gasteiger partial charge in [-0.1, -0.05) is 37.3 Å². The number of Topliss-reactive ketones (excluding diaryl/α,β-unsaturated/α-hetero) is 1. The van der Waals surface area contributed by atoms with Gasteiger partial charge in [-0.2, -0.15) is 0 Å². The number of nitrogens with one attached hydrogen (secondary N) is 1. The highest BCUT2D eigenvalue weighted by Gasteiger charge is 2.12. The zero-order chi connectivity index (χ0) is 22.1. The van der Waals surface area contributed by atoms with Gasteiger partial charge in [0.05, 0.1) is 13.0 Å². The van der Waals surface area contributed by atoms with Gasteiger partial charge in [0, 0.05) is 17.7 Å². The Kier molecular flexibility index (Phi) is 7.76. The number of ether oxygens (including phenoxy) is 2. The second kappa shape index (κ2) is 10.9. The number of carbonyl (C=O) groups is 3. The smallest absolute Gasteiger partial charge is 0.306 e. The van der Waals surface area contributed by atoms with Gasteiger partial charge in [0.15, 0.2) is 12.4 Å². The third-order valence-corrected chi connectivity index (χ3v) is 4.60. The van der Waals surface area contributed by atoms with Crippen molar-refractivity contribution in [2.45, 2.75) is 26.2 Å². The van der Waals surface area contributed by atoms with Crippen molar-refractivity contribution in [3.8, 4) is 5.75 Å². The van der Waals surface area contributed by atoms with Crippen molar-refractivity contribution in [2.75, 3.05) is 18.5 Å². The number of hydrogen-bond donors (Lipinski definition) is 1. The summed E-state index contributed by atoms with van der Waals surface area (Å²) < 4.78 is 10.5. The number of ketones is 1. The van der Waals surface area contributed by atoms with Crippen molar-refractivity contribution in [2.24, 2.45) is 0 Å². The molecule has 0 radical (unpaired) electrons. The molecule has 31 heavy (non-hydrogen) atoms. The molecular weight excluding hydrogens is 394 g/mol. The monoisotopic (exact) mass is 419 g/mol. The lowest BCUT2D eigenvalue weighted by Gasteiger charge is -2.08. The van der Waals surface area contributed by atoms with E-state index in [4.69, 9.17) is 9.47 Å². The Bertz CT molecular complexity index is 1060. The van der Waals surface area contributed by atoms with Crippen LogP contribution in [0.4, 0.5) is 5.69 Å². The van der Waals surface area contributed by atoms with Crippen LogP contribution in [0.3, 0.4) is 0 Å². The standard InChI is InChI=1S/C25H25NO5/c1-2-15-30-22-11-8-19(9-12-22)23(27)13-14-25(29)31-17-24(28)26-21-10-7-18-5-3-4-6-20(18)16-21/h3-12,16H,2,13-15,17H2,1H3,(H,26,28). The number of esters is 1. The molecule has 0 spiro atoms. The van der Waals surface area contributed by atoms with E-state index in [1.165, 1.54) is 0 Å². The largest absolute Gasteiger partial charge is 0.494 e. The average molecular weight is 419 g/mol. The number of benzene rings is 3. The summed E-state index contributed by atoms with van der Waals surface area (Å²) in [6.45, 7) is 2.24. The van der Waals surface area contributed by atoms with E-state index in [0.717, 1.165) is 17.2 Å². The van der Waals surface area contributed by atoms with E-state index in [1.807, 2.05) is 43.3 Å². The van der Waals surface area contributed by atoms with Crippen molar-refractivity contribution in [3.05, 3.63) is 72.3 Å². The minimum absolute atomic E-state index is 0.0142. The first-order valence-electron chi connectivity index (χ1n) is 10.3. The van der Waals surface area contributed by atoms with Gasteiger partial charge in [-0.05, 0) is 53.6 Å². The van der Waals surface area contributed by atoms with E-state index in [9.17, 15) is 14.4 Å². The highest BCUT2D eigenvalue weighted by atomic mass is 16.5. The zero-order valence-electron chi connectivity index (χ0n) is 17.4. The summed E-state index contributed by atoms with van der Waals surface area (Å²) in [7, 11) is 0. The summed E-state index contributed by atoms with van der Waals surface area (Å²) in [6, 6.07) is 20.2. The summed E-state index contributed by atoms with van der Waals surface area (Å²) >= 11 is 0. The van der Waals surface area contributed by atoms with Crippen LogP contribution in [0.2, 0.25) is 0 Å². The van der Waals surface area contributed by atoms with E-state index in [0.29, 0.717) is 23.6 Å². The molecule has 1 N–H and O–H groups in total. The molecule has 6 nitrogen and oxygen atoms in total. The van der Waals surface area contributed by atoms with E-state index in [2.05, 4.69) is 5.32 Å². The molecule has 0 saturated heterocycles. The van der Waals surface area contributed by atoms with E-state index < -0.39 is 18.5 Å². The van der Waals surface area contributed by atoms with Crippen LogP contribution in [0.15, 0.2) is 66.7 Å². The molecule has 0 aliphatic heterocycles. The van der Waals surface area contributed by atoms with Gasteiger partial charge in [0.2, 0.25) is 0 Å². The van der Waals surface area contributed by atoms with Crippen molar-refractivity contribution >= 4 is 34.1 Å². The van der Waals surface area contributed by atoms with Gasteiger partial charge < -0.3 is 14.8 Å². The molecule has 0 aliphatic carbocycles. The Balaban J connectivity index is 1.40. The van der Waals surface area contributed by atoms with Crippen LogP contribution < -0.4 is 10.1 Å². The molecule has 0 saturated carbocycles. The minimum Gasteiger partial charge on any atom is -0.494 e. The summed E-state index contributed by atoms with van der Waals surface area (Å²) in [6.07, 6.45) is 0.833. The Morgan fingerprint density at radius 1 is 0.871 bits per heavy atom. The van der Waals surface area contributed by atoms with Crippen LogP contribution in [0.25, 0.3) is 10.8 Å². The molecule has 0 bridgehead atoms. The van der Waals surface area contributed by atoms with Gasteiger partial charge in [-0.3, -0.25) is 14.4 Å². The van der Waals surface area contributed by atoms with Crippen molar-refractivity contribution in [1.82, 2.24) is 0 Å². The molecule has 3 aromatic rings. The van der Waals surface area contributed by atoms with Crippen LogP contribution in [0, 0.1) is 0 Å². The molecule has 3 rings (SSSR count). The molecular formula is C25H25NO5. The normalized spacial score (nSPS) is 10.5. The van der Waals surface area contributed by atoms with Crippen molar-refractivity contribution in [1.29, 1.82) is 0 Å². The maximum atomic E-state index is 12.2. The molecule has 6 heteroatoms. The predicted octanol–water partition coefficient (Wildman–Crippen LogP) is 4.77. The van der Waals surface area contributed by atoms with Gasteiger partial charge in [0.25, 0.3) is 5.91 Å². The molecule has 160 valence electrons. The zero-order valence-corrected chi connectivity index (χ0v) is 17.4. The maximum Gasteiger partial charge on any atom is 0.306 e. The highest BCUT2D eigenvalue weighted by Crippen LogP contribution is 2.19. The van der Waals surface area contributed by atoms with Crippen LogP contribution in [-0.2, 0) is 14.3 Å². The number of hydrogen-bond acceptors (Lipinski definition) is 5. The molecule has 0 unspecified atom stereocenters. The highest BCUT2D eigenvalue weighted by molar-refractivity contribution is 5.98. The third kappa shape index (κ3) is 6.67. The molecule has 3 aromatic carbocycles. The molecule has 0 atom stereocenters. The fourth-order valence-corrected chi connectivity index (χ4v) is 3.00. The second-order valence-corrected chi connectivity index (χ2v) is 7.07. The first-order valence-corrected chi connectivity index (χ1v) is 10.3. The number of anilines is 1. The number of carbonyl (C=O) groups excluding carboxylic acids is 3. The van der Waals surface area contributed by atoms with E-state index in [1.54, 1.807) is 30.3 Å². The van der Waals surface area contributed by atoms with Gasteiger partial charge in [-0.15, -0.1) is 0 Å². The Labute approximate surface area is 181 Å². The van der Waals surface area contributed by atoms with Crippen molar-refractivity contribution in [3.63, 3.8) is 0 Å². The lowest BCUT2D eigenvalue weighted by molar-refractivity contribution is -0.147. The van der Waals surface area contributed by atoms with E-state index >= 15 is 0 Å². The first-order chi connectivity index (χ1) is 15.0. The summed E-state index contributed by atoms with van der Waals surface area (Å²) in [5, 5.41) is 4.77. The van der Waals surface area contributed by atoms with Gasteiger partial charge in [0.1, 0.15) is 5.75 Å². The minimum atomic E-state index is -0.593. The fourth-order valence-electron chi connectivity index (χ4n) is 3.00. The number of rotatable bonds is 10. The van der Waals surface area contributed by atoms with Crippen molar-refractivity contribution < 1.29 is 23.9 Å². The topological polar surface area (TPSA) is 81.7 Å². The lowest BCUT2D eigenvalue weighted by atomic mass is 10.1. The molecule has 0 aliphatic rings. The fraction of sp³-hybridized carbons (Fsp3) is 0.240. The summed E-state index contributed by atoms with van der Waals surface area (Å²) in [5.41, 5.74) is 1.13. The summed E-state index contributed by atoms with van der Waals surface area (Å²) in [4.78, 5) is 36.2. The Morgan fingerprint density at radius 2 is 1.61 bits per heavy atom. The Morgan fingerprint density at radius 3 is 2.35 bits per heavy atom. The quantitative estimate of drug-likeness (QED) is 0.378. The predicted molar refractivity (Wildman–Crippen MR) is 119 cm³/mol.